The quantitative estimate of drug-likeness (QED) is 0.165. The van der Waals surface area contributed by atoms with Crippen LogP contribution in [0.15, 0.2) is 188 Å². The number of aromatic nitrogens is 3. The molecular weight excluding hydrogens is 675 g/mol. The molecule has 0 fully saturated rings. The summed E-state index contributed by atoms with van der Waals surface area (Å²) in [5.41, 5.74) is 12.3. The van der Waals surface area contributed by atoms with Gasteiger partial charge in [-0.15, -0.1) is 11.3 Å². The van der Waals surface area contributed by atoms with Crippen molar-refractivity contribution in [1.29, 1.82) is 0 Å². The molecule has 10 rings (SSSR count). The Bertz CT molecular complexity index is 2600. The molecule has 0 amide bonds. The number of hydrogen-bond donors (Lipinski definition) is 0. The highest BCUT2D eigenvalue weighted by atomic mass is 32.1. The van der Waals surface area contributed by atoms with Crippen LogP contribution in [-0.2, 0) is 5.41 Å². The van der Waals surface area contributed by atoms with Crippen molar-refractivity contribution >= 4 is 16.9 Å². The largest absolute Gasteiger partial charge is 0.208 e. The Morgan fingerprint density at radius 1 is 0.444 bits per heavy atom. The van der Waals surface area contributed by atoms with Gasteiger partial charge in [0.15, 0.2) is 17.5 Å². The first-order valence-electron chi connectivity index (χ1n) is 18.5. The van der Waals surface area contributed by atoms with Gasteiger partial charge in [0.05, 0.1) is 10.3 Å². The smallest absolute Gasteiger partial charge is 0.174 e. The molecule has 54 heavy (non-hydrogen) atoms. The molecule has 0 N–H and O–H groups in total. The molecule has 0 spiro atoms. The Morgan fingerprint density at radius 2 is 0.981 bits per heavy atom. The zero-order valence-corrected chi connectivity index (χ0v) is 30.4. The van der Waals surface area contributed by atoms with Crippen LogP contribution in [0.25, 0.3) is 61.0 Å². The van der Waals surface area contributed by atoms with E-state index in [4.69, 9.17) is 15.0 Å². The first-order chi connectivity index (χ1) is 26.8. The average molecular weight is 710 g/mol. The molecule has 4 heteroatoms. The maximum absolute atomic E-state index is 5.34. The molecule has 0 saturated carbocycles. The van der Waals surface area contributed by atoms with Gasteiger partial charge in [0.1, 0.15) is 0 Å². The Labute approximate surface area is 319 Å². The fourth-order valence-electron chi connectivity index (χ4n) is 8.14. The molecule has 8 aromatic rings. The monoisotopic (exact) mass is 709 g/mol. The van der Waals surface area contributed by atoms with E-state index in [1.165, 1.54) is 32.7 Å². The van der Waals surface area contributed by atoms with Gasteiger partial charge in [0.2, 0.25) is 0 Å². The molecule has 0 unspecified atom stereocenters. The van der Waals surface area contributed by atoms with Crippen LogP contribution in [0.2, 0.25) is 0 Å². The Balaban J connectivity index is 1.21. The number of allylic oxidation sites excluding steroid dienone is 4. The van der Waals surface area contributed by atoms with Crippen LogP contribution in [0.4, 0.5) is 0 Å². The summed E-state index contributed by atoms with van der Waals surface area (Å²) < 4.78 is 0. The number of thiophene rings is 1. The number of benzene rings is 6. The van der Waals surface area contributed by atoms with Gasteiger partial charge in [0.25, 0.3) is 0 Å². The van der Waals surface area contributed by atoms with E-state index in [9.17, 15) is 0 Å². The van der Waals surface area contributed by atoms with Gasteiger partial charge in [-0.1, -0.05) is 164 Å². The first-order valence-corrected chi connectivity index (χ1v) is 19.3. The lowest BCUT2D eigenvalue weighted by molar-refractivity contribution is 0.785. The summed E-state index contributed by atoms with van der Waals surface area (Å²) in [5, 5.41) is 0. The zero-order valence-electron chi connectivity index (χ0n) is 29.6. The van der Waals surface area contributed by atoms with E-state index in [0.29, 0.717) is 17.5 Å². The van der Waals surface area contributed by atoms with Crippen LogP contribution in [0.1, 0.15) is 40.2 Å². The first kappa shape index (κ1) is 32.2. The summed E-state index contributed by atoms with van der Waals surface area (Å²) in [6.45, 7) is 0. The van der Waals surface area contributed by atoms with Crippen LogP contribution in [0.5, 0.6) is 0 Å². The molecule has 0 radical (unpaired) electrons. The SMILES string of the molecule is C1=CC(c2nc(-c3cc(-c4ccccc4)cc(-c4ccccc4)c3)nc(-c3cc4c(s3)C(c3ccccc3)(c3ccccc3)c3ccccc3-4)n2)=CCC1. The Hall–Kier alpha value is -6.49. The maximum Gasteiger partial charge on any atom is 0.174 e. The number of nitrogens with zero attached hydrogens (tertiary/aromatic N) is 3. The Kier molecular flexibility index (Phi) is 8.04. The fraction of sp³-hybridized carbons (Fsp3) is 0.0600. The van der Waals surface area contributed by atoms with E-state index < -0.39 is 5.41 Å². The van der Waals surface area contributed by atoms with E-state index in [2.05, 4.69) is 188 Å². The van der Waals surface area contributed by atoms with Crippen molar-refractivity contribution in [3.63, 3.8) is 0 Å². The van der Waals surface area contributed by atoms with Crippen LogP contribution >= 0.6 is 11.3 Å². The normalized spacial score (nSPS) is 14.0. The number of fused-ring (bicyclic) bond motifs is 3. The summed E-state index contributed by atoms with van der Waals surface area (Å²) in [4.78, 5) is 18.1. The van der Waals surface area contributed by atoms with Crippen molar-refractivity contribution in [3.8, 4) is 55.5 Å². The lowest BCUT2D eigenvalue weighted by Gasteiger charge is -2.32. The van der Waals surface area contributed by atoms with Gasteiger partial charge in [-0.2, -0.15) is 0 Å². The van der Waals surface area contributed by atoms with E-state index in [0.717, 1.165) is 51.1 Å². The van der Waals surface area contributed by atoms with Gasteiger partial charge in [-0.25, -0.2) is 15.0 Å². The van der Waals surface area contributed by atoms with Crippen LogP contribution in [-0.4, -0.2) is 15.0 Å². The molecule has 2 aliphatic rings. The van der Waals surface area contributed by atoms with Crippen LogP contribution in [0.3, 0.4) is 0 Å². The van der Waals surface area contributed by atoms with Crippen molar-refractivity contribution in [2.24, 2.45) is 0 Å². The highest BCUT2D eigenvalue weighted by Crippen LogP contribution is 2.59. The van der Waals surface area contributed by atoms with Crippen LogP contribution < -0.4 is 0 Å². The van der Waals surface area contributed by atoms with Gasteiger partial charge >= 0.3 is 0 Å². The molecule has 2 aliphatic carbocycles. The molecule has 3 nitrogen and oxygen atoms in total. The van der Waals surface area contributed by atoms with Crippen molar-refractivity contribution in [2.75, 3.05) is 0 Å². The molecule has 2 heterocycles. The molecular formula is C50H35N3S. The molecule has 0 bridgehead atoms. The fourth-order valence-corrected chi connectivity index (χ4v) is 9.49. The second kappa shape index (κ2) is 13.5. The summed E-state index contributed by atoms with van der Waals surface area (Å²) in [5.74, 6) is 2.05. The summed E-state index contributed by atoms with van der Waals surface area (Å²) in [6, 6.07) is 60.9. The van der Waals surface area contributed by atoms with Gasteiger partial charge in [0, 0.05) is 16.0 Å². The second-order valence-corrected chi connectivity index (χ2v) is 14.9. The predicted octanol–water partition coefficient (Wildman–Crippen LogP) is 12.7. The highest BCUT2D eigenvalue weighted by molar-refractivity contribution is 7.16. The molecule has 6 aromatic carbocycles. The summed E-state index contributed by atoms with van der Waals surface area (Å²) in [7, 11) is 0. The third-order valence-corrected chi connectivity index (χ3v) is 11.9. The van der Waals surface area contributed by atoms with Crippen molar-refractivity contribution < 1.29 is 0 Å². The maximum atomic E-state index is 5.34. The molecule has 0 atom stereocenters. The molecule has 0 saturated heterocycles. The van der Waals surface area contributed by atoms with Gasteiger partial charge in [-0.3, -0.25) is 0 Å². The Morgan fingerprint density at radius 3 is 1.59 bits per heavy atom. The zero-order chi connectivity index (χ0) is 35.9. The summed E-state index contributed by atoms with van der Waals surface area (Å²) >= 11 is 1.80. The number of rotatable bonds is 7. The van der Waals surface area contributed by atoms with Gasteiger partial charge in [-0.05, 0) is 87.2 Å². The minimum atomic E-state index is -0.473. The lowest BCUT2D eigenvalue weighted by atomic mass is 9.71. The van der Waals surface area contributed by atoms with Crippen LogP contribution in [0, 0.1) is 0 Å². The molecule has 256 valence electrons. The molecule has 2 aromatic heterocycles. The second-order valence-electron chi connectivity index (χ2n) is 13.9. The van der Waals surface area contributed by atoms with E-state index in [-0.39, 0.29) is 0 Å². The van der Waals surface area contributed by atoms with E-state index in [1.54, 1.807) is 11.3 Å². The minimum Gasteiger partial charge on any atom is -0.208 e. The predicted molar refractivity (Wildman–Crippen MR) is 223 cm³/mol. The van der Waals surface area contributed by atoms with E-state index in [1.807, 2.05) is 0 Å². The lowest BCUT2D eigenvalue weighted by Crippen LogP contribution is -2.27. The third kappa shape index (κ3) is 5.46. The molecule has 0 aliphatic heterocycles. The highest BCUT2D eigenvalue weighted by Gasteiger charge is 2.47. The van der Waals surface area contributed by atoms with Crippen molar-refractivity contribution in [1.82, 2.24) is 15.0 Å². The number of hydrogen-bond acceptors (Lipinski definition) is 4. The van der Waals surface area contributed by atoms with Crippen molar-refractivity contribution in [3.05, 3.63) is 215 Å². The minimum absolute atomic E-state index is 0.473. The van der Waals surface area contributed by atoms with E-state index >= 15 is 0 Å². The summed E-state index contributed by atoms with van der Waals surface area (Å²) in [6.07, 6.45) is 8.60. The third-order valence-electron chi connectivity index (χ3n) is 10.6. The average Bonchev–Trinajstić information content (AvgIpc) is 3.82. The standard InChI is InChI=1S/C50H35N3S/c1-6-18-34(19-7-1)37-30-38(35-20-8-2-9-21-35)32-39(31-37)48-51-47(36-22-10-3-11-23-36)52-49(53-48)45-33-43-42-28-16-17-29-44(42)50(46(43)54-45,40-24-12-4-13-25-40)41-26-14-5-15-27-41/h1-2,4-10,12-33H,3,11H2. The van der Waals surface area contributed by atoms with Gasteiger partial charge < -0.3 is 0 Å². The topological polar surface area (TPSA) is 38.7 Å². The van der Waals surface area contributed by atoms with Crippen molar-refractivity contribution in [2.45, 2.75) is 18.3 Å².